The third-order valence-corrected chi connectivity index (χ3v) is 6.17. The summed E-state index contributed by atoms with van der Waals surface area (Å²) < 4.78 is 52.4. The molecule has 0 fully saturated rings. The van der Waals surface area contributed by atoms with Gasteiger partial charge in [0.15, 0.2) is 0 Å². The summed E-state index contributed by atoms with van der Waals surface area (Å²) in [4.78, 5) is 11.9. The van der Waals surface area contributed by atoms with Gasteiger partial charge in [0, 0.05) is 12.7 Å². The average Bonchev–Trinajstić information content (AvgIpc) is 2.59. The molecule has 0 spiro atoms. The van der Waals surface area contributed by atoms with Crippen molar-refractivity contribution >= 4 is 44.2 Å². The van der Waals surface area contributed by atoms with Crippen LogP contribution in [0.5, 0.6) is 0 Å². The van der Waals surface area contributed by atoms with Crippen LogP contribution in [0, 0.1) is 26.5 Å². The number of sulfonamides is 1. The molecule has 10 heteroatoms. The van der Waals surface area contributed by atoms with Crippen molar-refractivity contribution in [2.45, 2.75) is 4.90 Å². The van der Waals surface area contributed by atoms with Crippen LogP contribution in [0.15, 0.2) is 41.3 Å². The first-order chi connectivity index (χ1) is 12.1. The lowest BCUT2D eigenvalue weighted by Crippen LogP contribution is -2.35. The lowest BCUT2D eigenvalue weighted by atomic mass is 10.2. The largest absolute Gasteiger partial charge is 0.325 e. The van der Waals surface area contributed by atoms with E-state index in [2.05, 4.69) is 5.32 Å². The number of nitrogens with zero attached hydrogens (tertiary/aromatic N) is 2. The Morgan fingerprint density at radius 2 is 1.77 bits per heavy atom. The SMILES string of the molecule is CN(CC(=O)Nc1cc(F)c(I)c(F)c1)S(=O)(=O)c1ccc(C#N)cc1. The van der Waals surface area contributed by atoms with E-state index in [1.807, 2.05) is 6.07 Å². The summed E-state index contributed by atoms with van der Waals surface area (Å²) in [5, 5.41) is 11.0. The van der Waals surface area contributed by atoms with E-state index in [0.29, 0.717) is 5.56 Å². The molecular formula is C16H12F2IN3O3S. The number of amides is 1. The summed E-state index contributed by atoms with van der Waals surface area (Å²) in [5.41, 5.74) is 0.182. The summed E-state index contributed by atoms with van der Waals surface area (Å²) in [6, 6.07) is 8.96. The lowest BCUT2D eigenvalue weighted by molar-refractivity contribution is -0.116. The Bertz CT molecular complexity index is 966. The first kappa shape index (κ1) is 20.2. The molecule has 0 saturated carbocycles. The van der Waals surface area contributed by atoms with Crippen molar-refractivity contribution in [3.05, 3.63) is 57.2 Å². The summed E-state index contributed by atoms with van der Waals surface area (Å²) >= 11 is 1.49. The zero-order valence-electron chi connectivity index (χ0n) is 13.3. The number of carbonyl (C=O) groups excluding carboxylic acids is 1. The zero-order valence-corrected chi connectivity index (χ0v) is 16.3. The quantitative estimate of drug-likeness (QED) is 0.515. The Balaban J connectivity index is 2.11. The third-order valence-electron chi connectivity index (χ3n) is 3.33. The molecule has 0 aromatic heterocycles. The molecule has 0 aliphatic carbocycles. The highest BCUT2D eigenvalue weighted by Crippen LogP contribution is 2.21. The number of halogens is 3. The molecular weight excluding hydrogens is 479 g/mol. The molecule has 0 saturated heterocycles. The van der Waals surface area contributed by atoms with Crippen molar-refractivity contribution in [1.29, 1.82) is 5.26 Å². The molecule has 136 valence electrons. The molecule has 26 heavy (non-hydrogen) atoms. The van der Waals surface area contributed by atoms with Crippen LogP contribution in [0.25, 0.3) is 0 Å². The van der Waals surface area contributed by atoms with E-state index in [1.54, 1.807) is 0 Å². The molecule has 1 amide bonds. The summed E-state index contributed by atoms with van der Waals surface area (Å²) in [6.45, 7) is -0.558. The fraction of sp³-hybridized carbons (Fsp3) is 0.125. The average molecular weight is 491 g/mol. The van der Waals surface area contributed by atoms with E-state index < -0.39 is 34.1 Å². The van der Waals surface area contributed by atoms with E-state index in [4.69, 9.17) is 5.26 Å². The van der Waals surface area contributed by atoms with Crippen LogP contribution in [0.1, 0.15) is 5.56 Å². The monoisotopic (exact) mass is 491 g/mol. The van der Waals surface area contributed by atoms with Gasteiger partial charge in [-0.2, -0.15) is 9.57 Å². The van der Waals surface area contributed by atoms with Gasteiger partial charge in [0.25, 0.3) is 0 Å². The van der Waals surface area contributed by atoms with Gasteiger partial charge in [-0.05, 0) is 59.0 Å². The van der Waals surface area contributed by atoms with Crippen molar-refractivity contribution in [3.63, 3.8) is 0 Å². The molecule has 0 atom stereocenters. The van der Waals surface area contributed by atoms with Crippen molar-refractivity contribution < 1.29 is 22.0 Å². The summed E-state index contributed by atoms with van der Waals surface area (Å²) in [7, 11) is -2.76. The Hall–Kier alpha value is -2.10. The predicted molar refractivity (Wildman–Crippen MR) is 98.7 cm³/mol. The molecule has 2 aromatic rings. The van der Waals surface area contributed by atoms with E-state index >= 15 is 0 Å². The highest BCUT2D eigenvalue weighted by atomic mass is 127. The minimum atomic E-state index is -3.96. The lowest BCUT2D eigenvalue weighted by Gasteiger charge is -2.17. The fourth-order valence-corrected chi connectivity index (χ4v) is 3.44. The number of anilines is 1. The molecule has 0 unspecified atom stereocenters. The maximum atomic E-state index is 13.5. The maximum Gasteiger partial charge on any atom is 0.243 e. The number of benzene rings is 2. The van der Waals surface area contributed by atoms with Crippen LogP contribution in [0.4, 0.5) is 14.5 Å². The van der Waals surface area contributed by atoms with Crippen LogP contribution in [-0.2, 0) is 14.8 Å². The molecule has 0 radical (unpaired) electrons. The molecule has 1 N–H and O–H groups in total. The number of rotatable bonds is 5. The second kappa shape index (κ2) is 8.07. The van der Waals surface area contributed by atoms with Crippen LogP contribution in [0.3, 0.4) is 0 Å². The van der Waals surface area contributed by atoms with Gasteiger partial charge in [0.2, 0.25) is 15.9 Å². The molecule has 2 aromatic carbocycles. The molecule has 0 heterocycles. The molecule has 2 rings (SSSR count). The summed E-state index contributed by atoms with van der Waals surface area (Å²) in [6.07, 6.45) is 0. The second-order valence-corrected chi connectivity index (χ2v) is 8.32. The number of carbonyl (C=O) groups is 1. The highest BCUT2D eigenvalue weighted by molar-refractivity contribution is 14.1. The third kappa shape index (κ3) is 4.54. The topological polar surface area (TPSA) is 90.3 Å². The number of hydrogen-bond donors (Lipinski definition) is 1. The van der Waals surface area contributed by atoms with Gasteiger partial charge in [-0.1, -0.05) is 0 Å². The van der Waals surface area contributed by atoms with E-state index in [9.17, 15) is 22.0 Å². The van der Waals surface area contributed by atoms with Gasteiger partial charge in [0.1, 0.15) is 11.6 Å². The van der Waals surface area contributed by atoms with Gasteiger partial charge in [-0.25, -0.2) is 17.2 Å². The van der Waals surface area contributed by atoms with Crippen LogP contribution < -0.4 is 5.32 Å². The van der Waals surface area contributed by atoms with Crippen LogP contribution in [0.2, 0.25) is 0 Å². The van der Waals surface area contributed by atoms with Gasteiger partial charge in [-0.3, -0.25) is 4.79 Å². The van der Waals surface area contributed by atoms with Gasteiger partial charge >= 0.3 is 0 Å². The Kier molecular flexibility index (Phi) is 6.27. The van der Waals surface area contributed by atoms with Crippen molar-refractivity contribution in [2.24, 2.45) is 0 Å². The van der Waals surface area contributed by atoms with Crippen molar-refractivity contribution in [2.75, 3.05) is 18.9 Å². The van der Waals surface area contributed by atoms with Crippen LogP contribution >= 0.6 is 22.6 Å². The maximum absolute atomic E-state index is 13.5. The van der Waals surface area contributed by atoms with E-state index in [0.717, 1.165) is 16.4 Å². The van der Waals surface area contributed by atoms with Gasteiger partial charge < -0.3 is 5.32 Å². The minimum Gasteiger partial charge on any atom is -0.325 e. The normalized spacial score (nSPS) is 11.2. The summed E-state index contributed by atoms with van der Waals surface area (Å²) in [5.74, 6) is -2.43. The smallest absolute Gasteiger partial charge is 0.243 e. The van der Waals surface area contributed by atoms with Crippen LogP contribution in [-0.4, -0.2) is 32.2 Å². The van der Waals surface area contributed by atoms with E-state index in [1.165, 1.54) is 53.9 Å². The number of nitrogens with one attached hydrogen (secondary N) is 1. The molecule has 0 bridgehead atoms. The molecule has 0 aliphatic heterocycles. The molecule has 6 nitrogen and oxygen atoms in total. The number of hydrogen-bond acceptors (Lipinski definition) is 4. The Morgan fingerprint density at radius 1 is 1.23 bits per heavy atom. The minimum absolute atomic E-state index is 0.0850. The second-order valence-electron chi connectivity index (χ2n) is 5.20. The van der Waals surface area contributed by atoms with Gasteiger partial charge in [0.05, 0.1) is 26.6 Å². The fourth-order valence-electron chi connectivity index (χ4n) is 2.00. The molecule has 0 aliphatic rings. The zero-order chi connectivity index (χ0) is 19.5. The Labute approximate surface area is 162 Å². The van der Waals surface area contributed by atoms with Crippen molar-refractivity contribution in [1.82, 2.24) is 4.31 Å². The number of nitriles is 1. The predicted octanol–water partition coefficient (Wildman–Crippen LogP) is 2.70. The highest BCUT2D eigenvalue weighted by Gasteiger charge is 2.23. The first-order valence-electron chi connectivity index (χ1n) is 7.06. The van der Waals surface area contributed by atoms with Gasteiger partial charge in [-0.15, -0.1) is 0 Å². The Morgan fingerprint density at radius 3 is 2.27 bits per heavy atom. The standard InChI is InChI=1S/C16H12F2IN3O3S/c1-22(26(24,25)12-4-2-10(8-20)3-5-12)9-15(23)21-11-6-13(17)16(19)14(18)7-11/h2-7H,9H2,1H3,(H,21,23). The van der Waals surface area contributed by atoms with E-state index in [-0.39, 0.29) is 14.2 Å². The first-order valence-corrected chi connectivity index (χ1v) is 9.58. The van der Waals surface area contributed by atoms with Crippen molar-refractivity contribution in [3.8, 4) is 6.07 Å². The number of likely N-dealkylation sites (N-methyl/N-ethyl adjacent to an activating group) is 1.